The second-order valence-corrected chi connectivity index (χ2v) is 3.36. The van der Waals surface area contributed by atoms with Gasteiger partial charge >= 0.3 is 5.97 Å². The Morgan fingerprint density at radius 3 is 2.42 bits per heavy atom. The highest BCUT2D eigenvalue weighted by Crippen LogP contribution is 2.14. The highest BCUT2D eigenvalue weighted by Gasteiger charge is 2.15. The summed E-state index contributed by atoms with van der Waals surface area (Å²) in [5, 5.41) is 8.68. The van der Waals surface area contributed by atoms with Gasteiger partial charge in [0.1, 0.15) is 0 Å². The standard InChI is InChI=1S/C9H19NO2/c1-3-7(2)4-5-8(6-10)9(11)12/h7-8H,3-6,10H2,1-2H3,(H,11,12)/t7-,8-/m1/s1. The number of carboxylic acids is 1. The molecule has 3 nitrogen and oxygen atoms in total. The normalized spacial score (nSPS) is 15.6. The Balaban J connectivity index is 3.65. The van der Waals surface area contributed by atoms with E-state index in [4.69, 9.17) is 10.8 Å². The van der Waals surface area contributed by atoms with Crippen molar-refractivity contribution in [3.05, 3.63) is 0 Å². The lowest BCUT2D eigenvalue weighted by Crippen LogP contribution is -2.23. The fourth-order valence-electron chi connectivity index (χ4n) is 1.03. The van der Waals surface area contributed by atoms with Crippen LogP contribution in [0.5, 0.6) is 0 Å². The van der Waals surface area contributed by atoms with Crippen LogP contribution >= 0.6 is 0 Å². The third kappa shape index (κ3) is 4.34. The maximum Gasteiger partial charge on any atom is 0.307 e. The molecule has 0 aliphatic carbocycles. The molecule has 3 N–H and O–H groups in total. The van der Waals surface area contributed by atoms with Crippen molar-refractivity contribution in [2.24, 2.45) is 17.6 Å². The number of carboxylic acid groups (broad SMARTS) is 1. The summed E-state index contributed by atoms with van der Waals surface area (Å²) in [6.07, 6.45) is 2.78. The summed E-state index contributed by atoms with van der Waals surface area (Å²) in [4.78, 5) is 10.6. The number of nitrogens with two attached hydrogens (primary N) is 1. The first-order valence-electron chi connectivity index (χ1n) is 4.54. The van der Waals surface area contributed by atoms with Gasteiger partial charge in [0.05, 0.1) is 5.92 Å². The molecule has 0 saturated carbocycles. The van der Waals surface area contributed by atoms with Crippen LogP contribution in [0.15, 0.2) is 0 Å². The van der Waals surface area contributed by atoms with Crippen molar-refractivity contribution in [3.8, 4) is 0 Å². The Morgan fingerprint density at radius 1 is 1.50 bits per heavy atom. The Bertz CT molecular complexity index is 136. The monoisotopic (exact) mass is 173 g/mol. The number of hydrogen-bond acceptors (Lipinski definition) is 2. The van der Waals surface area contributed by atoms with Gasteiger partial charge in [-0.15, -0.1) is 0 Å². The summed E-state index contributed by atoms with van der Waals surface area (Å²) in [6, 6.07) is 0. The van der Waals surface area contributed by atoms with Crippen LogP contribution in [0.25, 0.3) is 0 Å². The molecule has 0 radical (unpaired) electrons. The molecule has 0 unspecified atom stereocenters. The first kappa shape index (κ1) is 11.4. The van der Waals surface area contributed by atoms with Crippen molar-refractivity contribution in [2.75, 3.05) is 6.54 Å². The zero-order chi connectivity index (χ0) is 9.56. The number of rotatable bonds is 6. The largest absolute Gasteiger partial charge is 0.481 e. The van der Waals surface area contributed by atoms with Gasteiger partial charge in [0, 0.05) is 6.54 Å². The highest BCUT2D eigenvalue weighted by atomic mass is 16.4. The minimum atomic E-state index is -0.763. The fourth-order valence-corrected chi connectivity index (χ4v) is 1.03. The molecule has 0 aromatic carbocycles. The predicted octanol–water partition coefficient (Wildman–Crippen LogP) is 1.47. The number of hydrogen-bond donors (Lipinski definition) is 2. The van der Waals surface area contributed by atoms with E-state index in [1.165, 1.54) is 0 Å². The minimum Gasteiger partial charge on any atom is -0.481 e. The molecule has 0 rings (SSSR count). The van der Waals surface area contributed by atoms with Crippen molar-refractivity contribution in [1.29, 1.82) is 0 Å². The summed E-state index contributed by atoms with van der Waals surface area (Å²) >= 11 is 0. The van der Waals surface area contributed by atoms with Crippen molar-refractivity contribution in [1.82, 2.24) is 0 Å². The van der Waals surface area contributed by atoms with Gasteiger partial charge in [0.15, 0.2) is 0 Å². The van der Waals surface area contributed by atoms with Crippen LogP contribution in [0, 0.1) is 11.8 Å². The second kappa shape index (κ2) is 6.00. The van der Waals surface area contributed by atoms with Crippen LogP contribution in [0.3, 0.4) is 0 Å². The van der Waals surface area contributed by atoms with Crippen LogP contribution in [0.4, 0.5) is 0 Å². The third-order valence-electron chi connectivity index (χ3n) is 2.34. The maximum absolute atomic E-state index is 10.6. The molecule has 0 saturated heterocycles. The van der Waals surface area contributed by atoms with Crippen molar-refractivity contribution >= 4 is 5.97 Å². The Labute approximate surface area is 74.0 Å². The summed E-state index contributed by atoms with van der Waals surface area (Å²) in [6.45, 7) is 4.50. The summed E-state index contributed by atoms with van der Waals surface area (Å²) in [7, 11) is 0. The minimum absolute atomic E-state index is 0.256. The van der Waals surface area contributed by atoms with Gasteiger partial charge in [-0.2, -0.15) is 0 Å². The van der Waals surface area contributed by atoms with Gasteiger partial charge in [-0.1, -0.05) is 20.3 Å². The molecule has 2 atom stereocenters. The van der Waals surface area contributed by atoms with Gasteiger partial charge in [-0.3, -0.25) is 4.79 Å². The van der Waals surface area contributed by atoms with Gasteiger partial charge in [0.25, 0.3) is 0 Å². The van der Waals surface area contributed by atoms with Crippen LogP contribution in [-0.2, 0) is 4.79 Å². The first-order chi connectivity index (χ1) is 5.61. The SMILES string of the molecule is CC[C@@H](C)CC[C@H](CN)C(=O)O. The lowest BCUT2D eigenvalue weighted by molar-refractivity contribution is -0.141. The molecule has 3 heteroatoms. The van der Waals surface area contributed by atoms with Crippen LogP contribution < -0.4 is 5.73 Å². The molecular weight excluding hydrogens is 154 g/mol. The van der Waals surface area contributed by atoms with Crippen LogP contribution in [0.1, 0.15) is 33.1 Å². The molecule has 0 amide bonds. The molecular formula is C9H19NO2. The second-order valence-electron chi connectivity index (χ2n) is 3.36. The lowest BCUT2D eigenvalue weighted by atomic mass is 9.95. The van der Waals surface area contributed by atoms with Crippen LogP contribution in [0.2, 0.25) is 0 Å². The highest BCUT2D eigenvalue weighted by molar-refractivity contribution is 5.70. The predicted molar refractivity (Wildman–Crippen MR) is 48.9 cm³/mol. The van der Waals surface area contributed by atoms with Gasteiger partial charge in [-0.25, -0.2) is 0 Å². The molecule has 0 aromatic heterocycles. The third-order valence-corrected chi connectivity index (χ3v) is 2.34. The van der Waals surface area contributed by atoms with E-state index in [9.17, 15) is 4.79 Å². The first-order valence-corrected chi connectivity index (χ1v) is 4.54. The van der Waals surface area contributed by atoms with E-state index in [0.29, 0.717) is 12.3 Å². The quantitative estimate of drug-likeness (QED) is 0.639. The van der Waals surface area contributed by atoms with Gasteiger partial charge in [0.2, 0.25) is 0 Å². The molecule has 0 fully saturated rings. The summed E-state index contributed by atoms with van der Waals surface area (Å²) in [5.41, 5.74) is 5.32. The average Bonchev–Trinajstić information content (AvgIpc) is 2.04. The number of aliphatic carboxylic acids is 1. The number of carbonyl (C=O) groups is 1. The topological polar surface area (TPSA) is 63.3 Å². The van der Waals surface area contributed by atoms with E-state index >= 15 is 0 Å². The smallest absolute Gasteiger partial charge is 0.307 e. The molecule has 72 valence electrons. The summed E-state index contributed by atoms with van der Waals surface area (Å²) in [5.74, 6) is -0.502. The van der Waals surface area contributed by atoms with Gasteiger partial charge < -0.3 is 10.8 Å². The van der Waals surface area contributed by atoms with E-state index < -0.39 is 5.97 Å². The molecule has 12 heavy (non-hydrogen) atoms. The van der Waals surface area contributed by atoms with Crippen LogP contribution in [-0.4, -0.2) is 17.6 Å². The van der Waals surface area contributed by atoms with Crippen molar-refractivity contribution in [2.45, 2.75) is 33.1 Å². The van der Waals surface area contributed by atoms with E-state index in [1.54, 1.807) is 0 Å². The Hall–Kier alpha value is -0.570. The lowest BCUT2D eigenvalue weighted by Gasteiger charge is -2.12. The average molecular weight is 173 g/mol. The molecule has 0 aliphatic rings. The molecule has 0 aliphatic heterocycles. The van der Waals surface area contributed by atoms with Crippen molar-refractivity contribution in [3.63, 3.8) is 0 Å². The Kier molecular flexibility index (Phi) is 5.72. The molecule has 0 aromatic rings. The maximum atomic E-state index is 10.6. The van der Waals surface area contributed by atoms with E-state index in [0.717, 1.165) is 12.8 Å². The van der Waals surface area contributed by atoms with Crippen molar-refractivity contribution < 1.29 is 9.90 Å². The molecule has 0 heterocycles. The molecule has 0 bridgehead atoms. The van der Waals surface area contributed by atoms with E-state index in [2.05, 4.69) is 13.8 Å². The zero-order valence-electron chi connectivity index (χ0n) is 7.92. The summed E-state index contributed by atoms with van der Waals surface area (Å²) < 4.78 is 0. The van der Waals surface area contributed by atoms with Gasteiger partial charge in [-0.05, 0) is 18.8 Å². The van der Waals surface area contributed by atoms with E-state index in [-0.39, 0.29) is 12.5 Å². The fraction of sp³-hybridized carbons (Fsp3) is 0.889. The zero-order valence-corrected chi connectivity index (χ0v) is 7.92. The van der Waals surface area contributed by atoms with E-state index in [1.807, 2.05) is 0 Å². The Morgan fingerprint density at radius 2 is 2.08 bits per heavy atom. The molecule has 0 spiro atoms.